The van der Waals surface area contributed by atoms with Crippen LogP contribution < -0.4 is 0 Å². The highest BCUT2D eigenvalue weighted by Crippen LogP contribution is 2.31. The average molecular weight is 285 g/mol. The van der Waals surface area contributed by atoms with Crippen molar-refractivity contribution in [2.45, 2.75) is 6.54 Å². The van der Waals surface area contributed by atoms with E-state index in [0.29, 0.717) is 4.88 Å². The van der Waals surface area contributed by atoms with Gasteiger partial charge in [-0.3, -0.25) is 14.5 Å². The van der Waals surface area contributed by atoms with Crippen LogP contribution >= 0.6 is 11.3 Å². The number of imide groups is 1. The smallest absolute Gasteiger partial charge is 0.296 e. The molecular weight excluding hydrogens is 274 g/mol. The van der Waals surface area contributed by atoms with Gasteiger partial charge in [0, 0.05) is 4.88 Å². The molecule has 4 nitrogen and oxygen atoms in total. The van der Waals surface area contributed by atoms with E-state index < -0.39 is 17.6 Å². The van der Waals surface area contributed by atoms with Gasteiger partial charge in [-0.1, -0.05) is 36.4 Å². The van der Waals surface area contributed by atoms with E-state index in [1.165, 1.54) is 11.3 Å². The largest absolute Gasteiger partial charge is 0.502 e. The fourth-order valence-corrected chi connectivity index (χ4v) is 2.88. The third-order valence-corrected chi connectivity index (χ3v) is 3.98. The van der Waals surface area contributed by atoms with E-state index >= 15 is 0 Å². The Labute approximate surface area is 119 Å². The first-order chi connectivity index (χ1) is 9.68. The predicted octanol–water partition coefficient (Wildman–Crippen LogP) is 2.59. The van der Waals surface area contributed by atoms with E-state index in [1.54, 1.807) is 17.5 Å². The molecule has 1 aliphatic rings. The number of carbonyl (C=O) groups excluding carboxylic acids is 2. The highest BCUT2D eigenvalue weighted by Gasteiger charge is 2.39. The van der Waals surface area contributed by atoms with Gasteiger partial charge in [-0.2, -0.15) is 0 Å². The van der Waals surface area contributed by atoms with Crippen molar-refractivity contribution in [3.05, 3.63) is 64.0 Å². The second kappa shape index (κ2) is 4.94. The number of hydrogen-bond donors (Lipinski definition) is 1. The van der Waals surface area contributed by atoms with Gasteiger partial charge in [0.2, 0.25) is 0 Å². The molecule has 0 saturated carbocycles. The number of aliphatic hydroxyl groups is 1. The van der Waals surface area contributed by atoms with Crippen LogP contribution in [-0.2, 0) is 16.1 Å². The van der Waals surface area contributed by atoms with Gasteiger partial charge in [-0.25, -0.2) is 0 Å². The van der Waals surface area contributed by atoms with Gasteiger partial charge in [0.15, 0.2) is 5.76 Å². The molecule has 0 spiro atoms. The van der Waals surface area contributed by atoms with Crippen LogP contribution in [0.15, 0.2) is 53.6 Å². The van der Waals surface area contributed by atoms with Crippen LogP contribution in [0.1, 0.15) is 10.4 Å². The van der Waals surface area contributed by atoms with Crippen LogP contribution in [0.25, 0.3) is 5.57 Å². The van der Waals surface area contributed by atoms with Gasteiger partial charge in [-0.15, -0.1) is 11.3 Å². The Bertz CT molecular complexity index is 689. The summed E-state index contributed by atoms with van der Waals surface area (Å²) < 4.78 is 0. The lowest BCUT2D eigenvalue weighted by Gasteiger charge is -2.14. The lowest BCUT2D eigenvalue weighted by Crippen LogP contribution is -2.31. The van der Waals surface area contributed by atoms with Gasteiger partial charge in [0.25, 0.3) is 11.8 Å². The first kappa shape index (κ1) is 12.6. The van der Waals surface area contributed by atoms with Crippen LogP contribution in [0.3, 0.4) is 0 Å². The first-order valence-corrected chi connectivity index (χ1v) is 6.93. The summed E-state index contributed by atoms with van der Waals surface area (Å²) in [6.45, 7) is 0.164. The summed E-state index contributed by atoms with van der Waals surface area (Å²) in [5, 5.41) is 11.7. The molecular formula is C15H11NO3S. The average Bonchev–Trinajstić information content (AvgIpc) is 3.04. The molecule has 1 aromatic heterocycles. The van der Waals surface area contributed by atoms with Gasteiger partial charge in [-0.05, 0) is 17.0 Å². The summed E-state index contributed by atoms with van der Waals surface area (Å²) in [5.74, 6) is -1.55. The molecule has 3 rings (SSSR count). The zero-order valence-corrected chi connectivity index (χ0v) is 11.3. The van der Waals surface area contributed by atoms with E-state index in [0.717, 1.165) is 10.5 Å². The number of thiophene rings is 1. The summed E-state index contributed by atoms with van der Waals surface area (Å²) >= 11 is 1.32. The van der Waals surface area contributed by atoms with Crippen LogP contribution in [0.4, 0.5) is 0 Å². The molecule has 100 valence electrons. The summed E-state index contributed by atoms with van der Waals surface area (Å²) in [7, 11) is 0. The molecule has 0 saturated heterocycles. The van der Waals surface area contributed by atoms with E-state index in [-0.39, 0.29) is 12.1 Å². The van der Waals surface area contributed by atoms with Crippen molar-refractivity contribution >= 4 is 28.7 Å². The number of benzene rings is 1. The lowest BCUT2D eigenvalue weighted by atomic mass is 10.2. The Kier molecular flexibility index (Phi) is 3.12. The van der Waals surface area contributed by atoms with Crippen LogP contribution in [0, 0.1) is 0 Å². The maximum absolute atomic E-state index is 12.3. The molecule has 20 heavy (non-hydrogen) atoms. The molecule has 0 unspecified atom stereocenters. The van der Waals surface area contributed by atoms with Crippen molar-refractivity contribution in [2.75, 3.05) is 0 Å². The zero-order valence-electron chi connectivity index (χ0n) is 10.4. The molecule has 0 bridgehead atoms. The van der Waals surface area contributed by atoms with Crippen molar-refractivity contribution in [2.24, 2.45) is 0 Å². The Morgan fingerprint density at radius 3 is 2.40 bits per heavy atom. The Balaban J connectivity index is 1.91. The monoisotopic (exact) mass is 285 g/mol. The topological polar surface area (TPSA) is 57.6 Å². The molecule has 5 heteroatoms. The third-order valence-electron chi connectivity index (χ3n) is 3.09. The van der Waals surface area contributed by atoms with Gasteiger partial charge in [0.1, 0.15) is 5.57 Å². The maximum atomic E-state index is 12.3. The minimum absolute atomic E-state index is 0.0981. The molecule has 2 aromatic rings. The number of aliphatic hydroxyl groups excluding tert-OH is 1. The van der Waals surface area contributed by atoms with Crippen LogP contribution in [0.2, 0.25) is 0 Å². The normalized spacial score (nSPS) is 15.3. The summed E-state index contributed by atoms with van der Waals surface area (Å²) in [5.41, 5.74) is 0.940. The van der Waals surface area contributed by atoms with Crippen LogP contribution in [0.5, 0.6) is 0 Å². The van der Waals surface area contributed by atoms with E-state index in [4.69, 9.17) is 0 Å². The van der Waals surface area contributed by atoms with Crippen LogP contribution in [-0.4, -0.2) is 21.8 Å². The highest BCUT2D eigenvalue weighted by atomic mass is 32.1. The van der Waals surface area contributed by atoms with Crippen molar-refractivity contribution in [1.29, 1.82) is 0 Å². The molecule has 2 heterocycles. The number of hydrogen-bond acceptors (Lipinski definition) is 4. The number of nitrogens with zero attached hydrogens (tertiary/aromatic N) is 1. The molecule has 2 amide bonds. The van der Waals surface area contributed by atoms with Crippen molar-refractivity contribution in [3.8, 4) is 0 Å². The third kappa shape index (κ3) is 2.02. The minimum Gasteiger partial charge on any atom is -0.502 e. The summed E-state index contributed by atoms with van der Waals surface area (Å²) in [6.07, 6.45) is 0. The zero-order chi connectivity index (χ0) is 14.1. The second-order valence-electron chi connectivity index (χ2n) is 4.38. The molecule has 1 aliphatic heterocycles. The predicted molar refractivity (Wildman–Crippen MR) is 75.9 cm³/mol. The van der Waals surface area contributed by atoms with Gasteiger partial charge >= 0.3 is 0 Å². The van der Waals surface area contributed by atoms with E-state index in [2.05, 4.69) is 0 Å². The second-order valence-corrected chi connectivity index (χ2v) is 5.33. The quantitative estimate of drug-likeness (QED) is 0.882. The molecule has 0 radical (unpaired) electrons. The summed E-state index contributed by atoms with van der Waals surface area (Å²) in [6, 6.07) is 12.7. The van der Waals surface area contributed by atoms with Crippen molar-refractivity contribution < 1.29 is 14.7 Å². The highest BCUT2D eigenvalue weighted by molar-refractivity contribution is 7.11. The lowest BCUT2D eigenvalue weighted by molar-refractivity contribution is -0.138. The molecule has 0 fully saturated rings. The molecule has 0 aliphatic carbocycles. The fraction of sp³-hybridized carbons (Fsp3) is 0.0667. The molecule has 0 atom stereocenters. The van der Waals surface area contributed by atoms with Crippen molar-refractivity contribution in [3.63, 3.8) is 0 Å². The Morgan fingerprint density at radius 1 is 1.00 bits per heavy atom. The van der Waals surface area contributed by atoms with E-state index in [9.17, 15) is 14.7 Å². The van der Waals surface area contributed by atoms with Gasteiger partial charge < -0.3 is 5.11 Å². The SMILES string of the molecule is O=C1C(O)=C(c2cccs2)C(=O)N1Cc1ccccc1. The number of rotatable bonds is 3. The molecule has 1 N–H and O–H groups in total. The van der Waals surface area contributed by atoms with Crippen molar-refractivity contribution in [1.82, 2.24) is 4.90 Å². The minimum atomic E-state index is -0.637. The Morgan fingerprint density at radius 2 is 1.75 bits per heavy atom. The summed E-state index contributed by atoms with van der Waals surface area (Å²) in [4.78, 5) is 26.0. The molecule has 1 aromatic carbocycles. The fourth-order valence-electron chi connectivity index (χ4n) is 2.12. The first-order valence-electron chi connectivity index (χ1n) is 6.05. The standard InChI is InChI=1S/C15H11NO3S/c17-13-12(11-7-4-8-20-11)14(18)16(15(13)19)9-10-5-2-1-3-6-10/h1-8,17H,9H2. The van der Waals surface area contributed by atoms with E-state index in [1.807, 2.05) is 30.3 Å². The number of amides is 2. The maximum Gasteiger partial charge on any atom is 0.296 e. The van der Waals surface area contributed by atoms with Gasteiger partial charge in [0.05, 0.1) is 6.54 Å². The number of carbonyl (C=O) groups is 2. The Hall–Kier alpha value is -2.40.